The number of aromatic nitrogens is 1. The van der Waals surface area contributed by atoms with Crippen LogP contribution >= 0.6 is 0 Å². The van der Waals surface area contributed by atoms with E-state index in [1.54, 1.807) is 19.2 Å². The number of methoxy groups -OCH3 is 3. The number of nitrogens with zero attached hydrogens (tertiary/aromatic N) is 1. The van der Waals surface area contributed by atoms with Crippen molar-refractivity contribution in [1.29, 1.82) is 0 Å². The van der Waals surface area contributed by atoms with Crippen molar-refractivity contribution in [2.75, 3.05) is 27.1 Å². The molecule has 0 amide bonds. The lowest BCUT2D eigenvalue weighted by molar-refractivity contribution is 0.0594. The molecule has 0 saturated carbocycles. The molecule has 0 bridgehead atoms. The maximum atomic E-state index is 11.5. The summed E-state index contributed by atoms with van der Waals surface area (Å²) >= 11 is 0. The molecular formula is C13H14N2O4. The summed E-state index contributed by atoms with van der Waals surface area (Å²) in [5.74, 6) is 0.530. The fraction of sp³-hybridized carbons (Fsp3) is 0.231. The fourth-order valence-corrected chi connectivity index (χ4v) is 1.78. The summed E-state index contributed by atoms with van der Waals surface area (Å²) in [5, 5.41) is 0.656. The molecule has 19 heavy (non-hydrogen) atoms. The summed E-state index contributed by atoms with van der Waals surface area (Å²) in [6.07, 6.45) is 0. The molecule has 0 aliphatic heterocycles. The topological polar surface area (TPSA) is 83.7 Å². The highest BCUT2D eigenvalue weighted by Crippen LogP contribution is 2.33. The van der Waals surface area contributed by atoms with E-state index >= 15 is 0 Å². The normalized spacial score (nSPS) is 10.3. The molecule has 6 heteroatoms. The molecule has 0 fully saturated rings. The van der Waals surface area contributed by atoms with Crippen LogP contribution in [0.3, 0.4) is 0 Å². The number of ether oxygens (including phenoxy) is 3. The minimum absolute atomic E-state index is 0.135. The maximum absolute atomic E-state index is 11.5. The number of esters is 1. The van der Waals surface area contributed by atoms with E-state index in [1.807, 2.05) is 0 Å². The molecule has 0 spiro atoms. The molecule has 0 aliphatic carbocycles. The van der Waals surface area contributed by atoms with Gasteiger partial charge < -0.3 is 19.9 Å². The number of carbonyl (C=O) groups excluding carboxylic acids is 1. The molecule has 6 nitrogen and oxygen atoms in total. The molecule has 0 atom stereocenters. The van der Waals surface area contributed by atoms with Gasteiger partial charge in [0.05, 0.1) is 21.3 Å². The number of pyridine rings is 1. The van der Waals surface area contributed by atoms with Crippen LogP contribution in [0.1, 0.15) is 10.5 Å². The number of benzene rings is 1. The van der Waals surface area contributed by atoms with Crippen molar-refractivity contribution in [3.63, 3.8) is 0 Å². The standard InChI is InChI=1S/C13H14N2O4/c1-17-7-4-8-9(14)6-10(13(16)19-3)15-12(8)11(5-7)18-2/h4-6H,1-3H3,(H2,14,15). The van der Waals surface area contributed by atoms with Crippen LogP contribution in [0.5, 0.6) is 11.5 Å². The summed E-state index contributed by atoms with van der Waals surface area (Å²) < 4.78 is 15.0. The Labute approximate surface area is 110 Å². The molecule has 2 N–H and O–H groups in total. The van der Waals surface area contributed by atoms with Crippen LogP contribution in [0.4, 0.5) is 5.69 Å². The maximum Gasteiger partial charge on any atom is 0.356 e. The lowest BCUT2D eigenvalue weighted by atomic mass is 10.1. The van der Waals surface area contributed by atoms with Gasteiger partial charge in [0.15, 0.2) is 5.69 Å². The first-order chi connectivity index (χ1) is 9.10. The second kappa shape index (κ2) is 5.01. The second-order valence-corrected chi connectivity index (χ2v) is 3.81. The number of nitrogen functional groups attached to an aromatic ring is 1. The number of anilines is 1. The van der Waals surface area contributed by atoms with Crippen LogP contribution < -0.4 is 15.2 Å². The number of fused-ring (bicyclic) bond motifs is 1. The predicted molar refractivity (Wildman–Crippen MR) is 70.6 cm³/mol. The van der Waals surface area contributed by atoms with E-state index in [0.717, 1.165) is 0 Å². The first-order valence-electron chi connectivity index (χ1n) is 5.51. The van der Waals surface area contributed by atoms with Gasteiger partial charge in [0, 0.05) is 17.1 Å². The smallest absolute Gasteiger partial charge is 0.356 e. The van der Waals surface area contributed by atoms with Gasteiger partial charge in [0.1, 0.15) is 17.0 Å². The average molecular weight is 262 g/mol. The summed E-state index contributed by atoms with van der Waals surface area (Å²) in [6.45, 7) is 0. The zero-order valence-electron chi connectivity index (χ0n) is 10.9. The van der Waals surface area contributed by atoms with Gasteiger partial charge in [-0.05, 0) is 12.1 Å². The molecule has 2 aromatic rings. The van der Waals surface area contributed by atoms with E-state index in [-0.39, 0.29) is 5.69 Å². The number of hydrogen-bond donors (Lipinski definition) is 1. The van der Waals surface area contributed by atoms with E-state index in [9.17, 15) is 4.79 Å². The third-order valence-corrected chi connectivity index (χ3v) is 2.73. The minimum atomic E-state index is -0.550. The van der Waals surface area contributed by atoms with E-state index in [2.05, 4.69) is 9.72 Å². The van der Waals surface area contributed by atoms with Gasteiger partial charge >= 0.3 is 5.97 Å². The van der Waals surface area contributed by atoms with Gasteiger partial charge in [-0.25, -0.2) is 9.78 Å². The average Bonchev–Trinajstić information content (AvgIpc) is 2.45. The summed E-state index contributed by atoms with van der Waals surface area (Å²) in [5.41, 5.74) is 6.97. The SMILES string of the molecule is COC(=O)c1cc(N)c2cc(OC)cc(OC)c2n1. The highest BCUT2D eigenvalue weighted by molar-refractivity contribution is 5.99. The molecule has 1 aromatic carbocycles. The Hall–Kier alpha value is -2.50. The van der Waals surface area contributed by atoms with Crippen LogP contribution in [-0.4, -0.2) is 32.3 Å². The molecule has 0 radical (unpaired) electrons. The van der Waals surface area contributed by atoms with Gasteiger partial charge in [-0.15, -0.1) is 0 Å². The van der Waals surface area contributed by atoms with Crippen molar-refractivity contribution in [2.24, 2.45) is 0 Å². The zero-order valence-corrected chi connectivity index (χ0v) is 10.9. The minimum Gasteiger partial charge on any atom is -0.497 e. The molecule has 1 aromatic heterocycles. The van der Waals surface area contributed by atoms with E-state index in [4.69, 9.17) is 15.2 Å². The number of carbonyl (C=O) groups is 1. The molecule has 0 unspecified atom stereocenters. The van der Waals surface area contributed by atoms with Crippen LogP contribution in [-0.2, 0) is 4.74 Å². The third kappa shape index (κ3) is 2.24. The van der Waals surface area contributed by atoms with E-state index in [0.29, 0.717) is 28.1 Å². The monoisotopic (exact) mass is 262 g/mol. The number of nitrogens with two attached hydrogens (primary N) is 1. The van der Waals surface area contributed by atoms with Crippen molar-refractivity contribution < 1.29 is 19.0 Å². The molecule has 0 aliphatic rings. The predicted octanol–water partition coefficient (Wildman–Crippen LogP) is 1.62. The molecule has 0 saturated heterocycles. The van der Waals surface area contributed by atoms with E-state index < -0.39 is 5.97 Å². The Bertz CT molecular complexity index is 640. The number of rotatable bonds is 3. The largest absolute Gasteiger partial charge is 0.497 e. The summed E-state index contributed by atoms with van der Waals surface area (Å²) in [7, 11) is 4.35. The van der Waals surface area contributed by atoms with Crippen molar-refractivity contribution in [2.45, 2.75) is 0 Å². The first-order valence-corrected chi connectivity index (χ1v) is 5.51. The molecule has 1 heterocycles. The van der Waals surface area contributed by atoms with Crippen molar-refractivity contribution in [3.05, 3.63) is 23.9 Å². The fourth-order valence-electron chi connectivity index (χ4n) is 1.78. The highest BCUT2D eigenvalue weighted by atomic mass is 16.5. The van der Waals surface area contributed by atoms with Gasteiger partial charge in [-0.1, -0.05) is 0 Å². The quantitative estimate of drug-likeness (QED) is 0.846. The Kier molecular flexibility index (Phi) is 3.41. The Morgan fingerprint density at radius 1 is 1.16 bits per heavy atom. The van der Waals surface area contributed by atoms with Gasteiger partial charge in [0.25, 0.3) is 0 Å². The lowest BCUT2D eigenvalue weighted by Crippen LogP contribution is -2.06. The molecule has 100 valence electrons. The van der Waals surface area contributed by atoms with Crippen LogP contribution in [0.2, 0.25) is 0 Å². The summed E-state index contributed by atoms with van der Waals surface area (Å²) in [4.78, 5) is 15.7. The molecular weight excluding hydrogens is 248 g/mol. The van der Waals surface area contributed by atoms with Crippen LogP contribution in [0, 0.1) is 0 Å². The van der Waals surface area contributed by atoms with Crippen LogP contribution in [0.15, 0.2) is 18.2 Å². The van der Waals surface area contributed by atoms with Crippen molar-refractivity contribution in [3.8, 4) is 11.5 Å². The highest BCUT2D eigenvalue weighted by Gasteiger charge is 2.15. The zero-order chi connectivity index (χ0) is 14.0. The van der Waals surface area contributed by atoms with Crippen molar-refractivity contribution >= 4 is 22.6 Å². The van der Waals surface area contributed by atoms with Crippen LogP contribution in [0.25, 0.3) is 10.9 Å². The first kappa shape index (κ1) is 12.9. The summed E-state index contributed by atoms with van der Waals surface area (Å²) in [6, 6.07) is 4.88. The Morgan fingerprint density at radius 3 is 2.47 bits per heavy atom. The third-order valence-electron chi connectivity index (χ3n) is 2.73. The van der Waals surface area contributed by atoms with Gasteiger partial charge in [-0.3, -0.25) is 0 Å². The van der Waals surface area contributed by atoms with E-state index in [1.165, 1.54) is 20.3 Å². The Morgan fingerprint density at radius 2 is 1.89 bits per heavy atom. The lowest BCUT2D eigenvalue weighted by Gasteiger charge is -2.11. The van der Waals surface area contributed by atoms with Gasteiger partial charge in [0.2, 0.25) is 0 Å². The van der Waals surface area contributed by atoms with Gasteiger partial charge in [-0.2, -0.15) is 0 Å². The second-order valence-electron chi connectivity index (χ2n) is 3.81. The number of hydrogen-bond acceptors (Lipinski definition) is 6. The molecule has 2 rings (SSSR count). The van der Waals surface area contributed by atoms with Crippen molar-refractivity contribution in [1.82, 2.24) is 4.98 Å². The Balaban J connectivity index is 2.76.